The number of halogens is 2. The zero-order chi connectivity index (χ0) is 28.5. The first kappa shape index (κ1) is 27.8. The quantitative estimate of drug-likeness (QED) is 0.276. The number of aromatic amines is 1. The Labute approximate surface area is 224 Å². The Morgan fingerprint density at radius 1 is 1.03 bits per heavy atom. The van der Waals surface area contributed by atoms with Crippen molar-refractivity contribution in [3.63, 3.8) is 0 Å². The van der Waals surface area contributed by atoms with Crippen molar-refractivity contribution in [2.45, 2.75) is 57.7 Å². The molecule has 0 bridgehead atoms. The summed E-state index contributed by atoms with van der Waals surface area (Å²) in [5, 5.41) is 29.9. The number of hydrogen-bond donors (Lipinski definition) is 4. The van der Waals surface area contributed by atoms with E-state index >= 15 is 0 Å². The maximum absolute atomic E-state index is 14.7. The highest BCUT2D eigenvalue weighted by molar-refractivity contribution is 5.84. The number of benzene rings is 2. The summed E-state index contributed by atoms with van der Waals surface area (Å²) < 4.78 is 29.1. The van der Waals surface area contributed by atoms with Crippen LogP contribution in [0.3, 0.4) is 0 Å². The lowest BCUT2D eigenvalue weighted by molar-refractivity contribution is -0.122. The normalized spacial score (nSPS) is 16.4. The molecule has 2 aromatic heterocycles. The molecule has 39 heavy (non-hydrogen) atoms. The Balaban J connectivity index is 0.00000112. The number of nitrogens with one attached hydrogen (secondary N) is 2. The smallest absolute Gasteiger partial charge is 0.290 e. The number of nitrogens with zero attached hydrogens (tertiary/aromatic N) is 5. The van der Waals surface area contributed by atoms with Crippen LogP contribution in [0.25, 0.3) is 33.4 Å². The molecule has 0 spiro atoms. The largest absolute Gasteiger partial charge is 0.507 e. The number of imidazole rings is 1. The van der Waals surface area contributed by atoms with E-state index in [9.17, 15) is 13.9 Å². The van der Waals surface area contributed by atoms with Crippen molar-refractivity contribution < 1.29 is 23.8 Å². The number of hydrogen-bond acceptors (Lipinski definition) is 8. The highest BCUT2D eigenvalue weighted by Gasteiger charge is 2.39. The molecule has 12 heteroatoms. The molecule has 1 aliphatic heterocycles. The molecule has 1 fully saturated rings. The fourth-order valence-electron chi connectivity index (χ4n) is 5.40. The molecule has 1 aliphatic rings. The summed E-state index contributed by atoms with van der Waals surface area (Å²) in [5.74, 6) is -1.71. The van der Waals surface area contributed by atoms with Crippen LogP contribution in [0.2, 0.25) is 0 Å². The van der Waals surface area contributed by atoms with Gasteiger partial charge in [0.15, 0.2) is 11.6 Å². The van der Waals surface area contributed by atoms with Gasteiger partial charge in [0.05, 0.1) is 18.0 Å². The zero-order valence-corrected chi connectivity index (χ0v) is 22.3. The van der Waals surface area contributed by atoms with Crippen LogP contribution in [-0.2, 0) is 4.79 Å². The van der Waals surface area contributed by atoms with Crippen molar-refractivity contribution >= 4 is 23.5 Å². The number of piperidine rings is 1. The van der Waals surface area contributed by atoms with Crippen LogP contribution in [0.5, 0.6) is 5.75 Å². The second-order valence-electron chi connectivity index (χ2n) is 10.9. The molecular formula is C27H31F2N7O3. The van der Waals surface area contributed by atoms with Crippen molar-refractivity contribution in [3.8, 4) is 28.1 Å². The minimum atomic E-state index is -1.04. The highest BCUT2D eigenvalue weighted by Crippen LogP contribution is 2.36. The number of H-pyrrole nitrogens is 1. The van der Waals surface area contributed by atoms with E-state index in [1.807, 2.05) is 11.9 Å². The molecule has 0 aliphatic carbocycles. The van der Waals surface area contributed by atoms with Gasteiger partial charge in [0.25, 0.3) is 6.47 Å². The van der Waals surface area contributed by atoms with Gasteiger partial charge in [-0.15, -0.1) is 10.2 Å². The van der Waals surface area contributed by atoms with E-state index in [-0.39, 0.29) is 40.4 Å². The number of phenolic OH excluding ortho intramolecular Hbond substituents is 1. The molecule has 2 aromatic carbocycles. The second-order valence-corrected chi connectivity index (χ2v) is 10.9. The van der Waals surface area contributed by atoms with E-state index in [0.29, 0.717) is 28.3 Å². The minimum Gasteiger partial charge on any atom is -0.507 e. The number of phenols is 1. The first-order valence-corrected chi connectivity index (χ1v) is 12.3. The second kappa shape index (κ2) is 10.5. The van der Waals surface area contributed by atoms with Crippen LogP contribution in [0.15, 0.2) is 36.8 Å². The van der Waals surface area contributed by atoms with E-state index in [2.05, 4.69) is 58.2 Å². The monoisotopic (exact) mass is 539 g/mol. The topological polar surface area (TPSA) is 140 Å². The van der Waals surface area contributed by atoms with Gasteiger partial charge in [0.2, 0.25) is 5.95 Å². The van der Waals surface area contributed by atoms with Crippen molar-refractivity contribution in [1.82, 2.24) is 30.5 Å². The van der Waals surface area contributed by atoms with Gasteiger partial charge in [-0.2, -0.15) is 0 Å². The molecule has 5 rings (SSSR count). The molecule has 0 amide bonds. The summed E-state index contributed by atoms with van der Waals surface area (Å²) in [6.45, 7) is 8.51. The molecule has 1 saturated heterocycles. The summed E-state index contributed by atoms with van der Waals surface area (Å²) in [4.78, 5) is 21.5. The van der Waals surface area contributed by atoms with E-state index in [1.165, 1.54) is 18.5 Å². The lowest BCUT2D eigenvalue weighted by atomic mass is 9.79. The van der Waals surface area contributed by atoms with Gasteiger partial charge in [-0.3, -0.25) is 4.79 Å². The third-order valence-corrected chi connectivity index (χ3v) is 6.76. The molecule has 3 heterocycles. The van der Waals surface area contributed by atoms with Gasteiger partial charge in [-0.25, -0.2) is 18.7 Å². The fourth-order valence-corrected chi connectivity index (χ4v) is 5.40. The van der Waals surface area contributed by atoms with Crippen LogP contribution in [0.1, 0.15) is 40.5 Å². The summed E-state index contributed by atoms with van der Waals surface area (Å²) >= 11 is 0. The zero-order valence-electron chi connectivity index (χ0n) is 22.3. The van der Waals surface area contributed by atoms with Crippen molar-refractivity contribution in [2.75, 3.05) is 11.9 Å². The lowest BCUT2D eigenvalue weighted by Crippen LogP contribution is -2.62. The molecule has 0 unspecified atom stereocenters. The van der Waals surface area contributed by atoms with Gasteiger partial charge in [-0.05, 0) is 64.3 Å². The van der Waals surface area contributed by atoms with Crippen LogP contribution < -0.4 is 10.2 Å². The first-order valence-electron chi connectivity index (χ1n) is 12.3. The molecule has 206 valence electrons. The Bertz CT molecular complexity index is 1470. The lowest BCUT2D eigenvalue weighted by Gasteiger charge is -2.48. The van der Waals surface area contributed by atoms with Gasteiger partial charge >= 0.3 is 0 Å². The molecule has 4 aromatic rings. The number of rotatable bonds is 4. The predicted molar refractivity (Wildman–Crippen MR) is 143 cm³/mol. The Morgan fingerprint density at radius 2 is 1.69 bits per heavy atom. The number of carboxylic acid groups (broad SMARTS) is 1. The standard InChI is InChI=1S/C26H29F2N7O.CH2O2/c1-25(2)10-15(11-26(3,4)34-25)35(5)24-29-12-19(32-33-24)16-7-6-14(8-20(16)36)17-9-18-23(31-13-30-18)22(28)21(17)27;2-1-3/h6-9,12-13,15,34,36H,10-11H2,1-5H3,(H,30,31);1H,(H,2,3). The Kier molecular flexibility index (Phi) is 7.51. The number of carbonyl (C=O) groups is 1. The maximum atomic E-state index is 14.7. The predicted octanol–water partition coefficient (Wildman–Crippen LogP) is 4.51. The van der Waals surface area contributed by atoms with Crippen molar-refractivity contribution in [1.29, 1.82) is 0 Å². The van der Waals surface area contributed by atoms with Crippen LogP contribution in [0, 0.1) is 11.6 Å². The molecule has 0 atom stereocenters. The molecule has 0 radical (unpaired) electrons. The van der Waals surface area contributed by atoms with E-state index in [1.54, 1.807) is 18.3 Å². The number of aromatic nitrogens is 5. The van der Waals surface area contributed by atoms with Gasteiger partial charge in [0, 0.05) is 35.3 Å². The third kappa shape index (κ3) is 5.80. The van der Waals surface area contributed by atoms with Gasteiger partial charge in [-0.1, -0.05) is 6.07 Å². The van der Waals surface area contributed by atoms with Crippen LogP contribution >= 0.6 is 0 Å². The highest BCUT2D eigenvalue weighted by atomic mass is 19.2. The van der Waals surface area contributed by atoms with Crippen molar-refractivity contribution in [2.24, 2.45) is 0 Å². The molecular weight excluding hydrogens is 508 g/mol. The van der Waals surface area contributed by atoms with Gasteiger partial charge in [0.1, 0.15) is 17.0 Å². The van der Waals surface area contributed by atoms with E-state index in [0.717, 1.165) is 12.8 Å². The summed E-state index contributed by atoms with van der Waals surface area (Å²) in [6, 6.07) is 6.25. The fraction of sp³-hybridized carbons (Fsp3) is 0.370. The van der Waals surface area contributed by atoms with Gasteiger partial charge < -0.3 is 25.4 Å². The summed E-state index contributed by atoms with van der Waals surface area (Å²) in [5.41, 5.74) is 1.34. The first-order chi connectivity index (χ1) is 18.4. The van der Waals surface area contributed by atoms with Crippen LogP contribution in [0.4, 0.5) is 14.7 Å². The molecule has 4 N–H and O–H groups in total. The SMILES string of the molecule is CN(c1ncc(-c2ccc(-c3cc4[nH]cnc4c(F)c3F)cc2O)nn1)C1CC(C)(C)NC(C)(C)C1.O=CO. The minimum absolute atomic E-state index is 0.0140. The number of aromatic hydroxyl groups is 1. The molecule has 10 nitrogen and oxygen atoms in total. The van der Waals surface area contributed by atoms with Crippen LogP contribution in [-0.4, -0.2) is 66.0 Å². The molecule has 0 saturated carbocycles. The maximum Gasteiger partial charge on any atom is 0.290 e. The summed E-state index contributed by atoms with van der Waals surface area (Å²) in [6.07, 6.45) is 4.72. The average Bonchev–Trinajstić information content (AvgIpc) is 3.33. The average molecular weight is 540 g/mol. The summed E-state index contributed by atoms with van der Waals surface area (Å²) in [7, 11) is 1.97. The van der Waals surface area contributed by atoms with Crippen molar-refractivity contribution in [3.05, 3.63) is 48.4 Å². The number of fused-ring (bicyclic) bond motifs is 1. The number of anilines is 1. The van der Waals surface area contributed by atoms with E-state index < -0.39 is 11.6 Å². The Morgan fingerprint density at radius 3 is 2.28 bits per heavy atom. The Hall–Kier alpha value is -4.19. The third-order valence-electron chi connectivity index (χ3n) is 6.76. The van der Waals surface area contributed by atoms with E-state index in [4.69, 9.17) is 9.90 Å².